The average Bonchev–Trinajstić information content (AvgIpc) is 2.64. The molecule has 0 aromatic heterocycles. The van der Waals surface area contributed by atoms with Crippen molar-refractivity contribution in [2.45, 2.75) is 6.92 Å². The number of hydrogen-bond donors (Lipinski definition) is 4. The number of rotatable bonds is 4. The SMILES string of the molecule is Cc1ccc(NC(=O)Nc2cccc(F)c2)cc1NC(=O)Nc1cccc(F)c1. The fourth-order valence-corrected chi connectivity index (χ4v) is 2.54. The first-order chi connectivity index (χ1) is 13.9. The molecule has 148 valence electrons. The molecule has 3 aromatic carbocycles. The summed E-state index contributed by atoms with van der Waals surface area (Å²) < 4.78 is 26.4. The zero-order valence-electron chi connectivity index (χ0n) is 15.4. The summed E-state index contributed by atoms with van der Waals surface area (Å²) in [5.41, 5.74) is 2.26. The van der Waals surface area contributed by atoms with E-state index in [9.17, 15) is 18.4 Å². The van der Waals surface area contributed by atoms with Gasteiger partial charge in [0.25, 0.3) is 0 Å². The van der Waals surface area contributed by atoms with Crippen LogP contribution >= 0.6 is 0 Å². The minimum absolute atomic E-state index is 0.308. The Kier molecular flexibility index (Phi) is 6.03. The molecule has 0 aliphatic rings. The lowest BCUT2D eigenvalue weighted by atomic mass is 10.2. The Morgan fingerprint density at radius 1 is 0.655 bits per heavy atom. The topological polar surface area (TPSA) is 82.3 Å². The summed E-state index contributed by atoms with van der Waals surface area (Å²) in [7, 11) is 0. The maximum atomic E-state index is 13.2. The van der Waals surface area contributed by atoms with Gasteiger partial charge in [0.2, 0.25) is 0 Å². The number of benzene rings is 3. The van der Waals surface area contributed by atoms with E-state index in [0.717, 1.165) is 5.56 Å². The van der Waals surface area contributed by atoms with Crippen LogP contribution in [-0.4, -0.2) is 12.1 Å². The van der Waals surface area contributed by atoms with Gasteiger partial charge in [0, 0.05) is 22.7 Å². The molecule has 0 spiro atoms. The minimum atomic E-state index is -0.561. The largest absolute Gasteiger partial charge is 0.323 e. The van der Waals surface area contributed by atoms with Crippen LogP contribution < -0.4 is 21.3 Å². The Labute approximate surface area is 165 Å². The van der Waals surface area contributed by atoms with Crippen molar-refractivity contribution in [3.8, 4) is 0 Å². The maximum Gasteiger partial charge on any atom is 0.323 e. The minimum Gasteiger partial charge on any atom is -0.308 e. The molecule has 0 atom stereocenters. The third-order valence-electron chi connectivity index (χ3n) is 3.91. The van der Waals surface area contributed by atoms with Gasteiger partial charge in [-0.15, -0.1) is 0 Å². The molecule has 0 saturated heterocycles. The quantitative estimate of drug-likeness (QED) is 0.466. The molecule has 0 bridgehead atoms. The number of anilines is 4. The summed E-state index contributed by atoms with van der Waals surface area (Å²) in [6.07, 6.45) is 0. The van der Waals surface area contributed by atoms with Crippen LogP contribution in [0.15, 0.2) is 66.7 Å². The van der Waals surface area contributed by atoms with E-state index in [0.29, 0.717) is 22.7 Å². The van der Waals surface area contributed by atoms with E-state index >= 15 is 0 Å². The molecule has 3 rings (SSSR count). The molecule has 6 nitrogen and oxygen atoms in total. The van der Waals surface area contributed by atoms with Crippen molar-refractivity contribution >= 4 is 34.8 Å². The third-order valence-corrected chi connectivity index (χ3v) is 3.91. The first kappa shape index (κ1) is 19.8. The number of carbonyl (C=O) groups is 2. The van der Waals surface area contributed by atoms with Gasteiger partial charge in [-0.3, -0.25) is 0 Å². The second kappa shape index (κ2) is 8.83. The predicted octanol–water partition coefficient (Wildman–Crippen LogP) is 5.56. The van der Waals surface area contributed by atoms with Crippen molar-refractivity contribution in [2.24, 2.45) is 0 Å². The molecule has 0 radical (unpaired) electrons. The molecule has 0 fully saturated rings. The highest BCUT2D eigenvalue weighted by molar-refractivity contribution is 6.02. The smallest absolute Gasteiger partial charge is 0.308 e. The summed E-state index contributed by atoms with van der Waals surface area (Å²) in [4.78, 5) is 24.3. The van der Waals surface area contributed by atoms with Crippen molar-refractivity contribution in [3.63, 3.8) is 0 Å². The number of hydrogen-bond acceptors (Lipinski definition) is 2. The van der Waals surface area contributed by atoms with Crippen molar-refractivity contribution in [1.29, 1.82) is 0 Å². The van der Waals surface area contributed by atoms with Gasteiger partial charge < -0.3 is 21.3 Å². The Morgan fingerprint density at radius 3 is 1.66 bits per heavy atom. The van der Waals surface area contributed by atoms with Crippen LogP contribution in [0, 0.1) is 18.6 Å². The molecule has 4 N–H and O–H groups in total. The molecular formula is C21H18F2N4O2. The van der Waals surface area contributed by atoms with Crippen molar-refractivity contribution in [1.82, 2.24) is 0 Å². The Balaban J connectivity index is 1.64. The number of aryl methyl sites for hydroxylation is 1. The lowest BCUT2D eigenvalue weighted by Gasteiger charge is -2.13. The molecule has 0 unspecified atom stereocenters. The lowest BCUT2D eigenvalue weighted by molar-refractivity contribution is 0.261. The van der Waals surface area contributed by atoms with Crippen molar-refractivity contribution < 1.29 is 18.4 Å². The fraction of sp³-hybridized carbons (Fsp3) is 0.0476. The van der Waals surface area contributed by atoms with Crippen LogP contribution in [0.3, 0.4) is 0 Å². The zero-order valence-corrected chi connectivity index (χ0v) is 15.4. The van der Waals surface area contributed by atoms with Gasteiger partial charge in [-0.05, 0) is 61.0 Å². The predicted molar refractivity (Wildman–Crippen MR) is 109 cm³/mol. The summed E-state index contributed by atoms with van der Waals surface area (Å²) >= 11 is 0. The van der Waals surface area contributed by atoms with Gasteiger partial charge >= 0.3 is 12.1 Å². The van der Waals surface area contributed by atoms with Gasteiger partial charge in [0.1, 0.15) is 11.6 Å². The lowest BCUT2D eigenvalue weighted by Crippen LogP contribution is -2.21. The van der Waals surface area contributed by atoms with Crippen LogP contribution in [0.5, 0.6) is 0 Å². The highest BCUT2D eigenvalue weighted by Crippen LogP contribution is 2.21. The van der Waals surface area contributed by atoms with Crippen LogP contribution in [0.4, 0.5) is 41.1 Å². The average molecular weight is 396 g/mol. The monoisotopic (exact) mass is 396 g/mol. The number of amides is 4. The van der Waals surface area contributed by atoms with E-state index in [-0.39, 0.29) is 0 Å². The number of nitrogens with one attached hydrogen (secondary N) is 4. The van der Waals surface area contributed by atoms with Crippen LogP contribution in [0.25, 0.3) is 0 Å². The van der Waals surface area contributed by atoms with Gasteiger partial charge in [-0.1, -0.05) is 18.2 Å². The molecule has 8 heteroatoms. The van der Waals surface area contributed by atoms with E-state index in [1.54, 1.807) is 37.3 Å². The van der Waals surface area contributed by atoms with Gasteiger partial charge in [-0.2, -0.15) is 0 Å². The van der Waals surface area contributed by atoms with Crippen molar-refractivity contribution in [3.05, 3.63) is 83.9 Å². The fourth-order valence-electron chi connectivity index (χ4n) is 2.54. The van der Waals surface area contributed by atoms with Crippen molar-refractivity contribution in [2.75, 3.05) is 21.3 Å². The molecule has 3 aromatic rings. The zero-order chi connectivity index (χ0) is 20.8. The van der Waals surface area contributed by atoms with Gasteiger partial charge in [0.05, 0.1) is 0 Å². The van der Waals surface area contributed by atoms with E-state index in [1.165, 1.54) is 36.4 Å². The maximum absolute atomic E-state index is 13.2. The van der Waals surface area contributed by atoms with Gasteiger partial charge in [-0.25, -0.2) is 18.4 Å². The Hall–Kier alpha value is -3.94. The number of carbonyl (C=O) groups excluding carboxylic acids is 2. The summed E-state index contributed by atoms with van der Waals surface area (Å²) in [5.74, 6) is -0.927. The molecule has 0 aliphatic carbocycles. The summed E-state index contributed by atoms with van der Waals surface area (Å²) in [6.45, 7) is 1.79. The van der Waals surface area contributed by atoms with E-state index in [2.05, 4.69) is 21.3 Å². The third kappa shape index (κ3) is 5.77. The molecule has 4 amide bonds. The van der Waals surface area contributed by atoms with Crippen LogP contribution in [0.1, 0.15) is 5.56 Å². The van der Waals surface area contributed by atoms with Crippen LogP contribution in [0.2, 0.25) is 0 Å². The summed E-state index contributed by atoms with van der Waals surface area (Å²) in [6, 6.07) is 14.9. The highest BCUT2D eigenvalue weighted by atomic mass is 19.1. The number of urea groups is 2. The van der Waals surface area contributed by atoms with E-state index < -0.39 is 23.7 Å². The molecule has 0 saturated carbocycles. The molecule has 29 heavy (non-hydrogen) atoms. The first-order valence-corrected chi connectivity index (χ1v) is 8.67. The van der Waals surface area contributed by atoms with Crippen LogP contribution in [-0.2, 0) is 0 Å². The second-order valence-electron chi connectivity index (χ2n) is 6.21. The molecule has 0 heterocycles. The first-order valence-electron chi connectivity index (χ1n) is 8.67. The normalized spacial score (nSPS) is 10.2. The van der Waals surface area contributed by atoms with E-state index in [1.807, 2.05) is 0 Å². The highest BCUT2D eigenvalue weighted by Gasteiger charge is 2.09. The standard InChI is InChI=1S/C21H18F2N4O2/c1-13-8-9-18(26-20(28)24-16-6-2-4-14(22)10-16)12-19(13)27-21(29)25-17-7-3-5-15(23)11-17/h2-12H,1H3,(H2,24,26,28)(H2,25,27,29). The Morgan fingerprint density at radius 2 is 1.14 bits per heavy atom. The molecular weight excluding hydrogens is 378 g/mol. The van der Waals surface area contributed by atoms with E-state index in [4.69, 9.17) is 0 Å². The number of halogens is 2. The molecule has 0 aliphatic heterocycles. The second-order valence-corrected chi connectivity index (χ2v) is 6.21. The summed E-state index contributed by atoms with van der Waals surface area (Å²) in [5, 5.41) is 10.3. The van der Waals surface area contributed by atoms with Gasteiger partial charge in [0.15, 0.2) is 0 Å². The Bertz CT molecular complexity index is 1060.